The standard InChI is InChI=1S/C13H8Cl3FN2O/c14-7-1-2-11(10(17)5-7)19-13(20)6-3-8(15)12(18)9(16)4-6/h1-5H,18H2,(H,19,20). The van der Waals surface area contributed by atoms with Crippen molar-refractivity contribution in [1.29, 1.82) is 0 Å². The molecule has 2 aromatic rings. The maximum absolute atomic E-state index is 13.6. The van der Waals surface area contributed by atoms with Gasteiger partial charge in [-0.25, -0.2) is 4.39 Å². The molecule has 2 aromatic carbocycles. The molecule has 0 unspecified atom stereocenters. The number of anilines is 2. The van der Waals surface area contributed by atoms with Crippen molar-refractivity contribution in [3.8, 4) is 0 Å². The lowest BCUT2D eigenvalue weighted by Gasteiger charge is -2.09. The lowest BCUT2D eigenvalue weighted by atomic mass is 10.2. The van der Waals surface area contributed by atoms with Gasteiger partial charge < -0.3 is 11.1 Å². The highest BCUT2D eigenvalue weighted by atomic mass is 35.5. The van der Waals surface area contributed by atoms with Crippen LogP contribution in [0.4, 0.5) is 15.8 Å². The van der Waals surface area contributed by atoms with Gasteiger partial charge in [-0.1, -0.05) is 34.8 Å². The van der Waals surface area contributed by atoms with Gasteiger partial charge in [0.1, 0.15) is 5.82 Å². The highest BCUT2D eigenvalue weighted by Gasteiger charge is 2.13. The number of hydrogen-bond acceptors (Lipinski definition) is 2. The molecule has 0 atom stereocenters. The molecule has 0 saturated carbocycles. The van der Waals surface area contributed by atoms with Gasteiger partial charge in [-0.3, -0.25) is 4.79 Å². The molecule has 0 bridgehead atoms. The van der Waals surface area contributed by atoms with Crippen molar-refractivity contribution in [2.24, 2.45) is 0 Å². The van der Waals surface area contributed by atoms with Crippen LogP contribution in [0.5, 0.6) is 0 Å². The van der Waals surface area contributed by atoms with Crippen molar-refractivity contribution < 1.29 is 9.18 Å². The Labute approximate surface area is 129 Å². The molecule has 7 heteroatoms. The molecule has 1 amide bonds. The SMILES string of the molecule is Nc1c(Cl)cc(C(=O)Nc2ccc(Cl)cc2F)cc1Cl. The van der Waals surface area contributed by atoms with Crippen LogP contribution in [0.15, 0.2) is 30.3 Å². The van der Waals surface area contributed by atoms with E-state index in [9.17, 15) is 9.18 Å². The second kappa shape index (κ2) is 5.87. The van der Waals surface area contributed by atoms with E-state index >= 15 is 0 Å². The Morgan fingerprint density at radius 2 is 1.70 bits per heavy atom. The van der Waals surface area contributed by atoms with E-state index in [1.54, 1.807) is 0 Å². The number of hydrogen-bond donors (Lipinski definition) is 2. The van der Waals surface area contributed by atoms with E-state index in [1.807, 2.05) is 0 Å². The van der Waals surface area contributed by atoms with Gasteiger partial charge in [-0.2, -0.15) is 0 Å². The Hall–Kier alpha value is -1.49. The van der Waals surface area contributed by atoms with Crippen molar-refractivity contribution in [2.45, 2.75) is 0 Å². The molecule has 0 fully saturated rings. The van der Waals surface area contributed by atoms with Crippen LogP contribution in [0.25, 0.3) is 0 Å². The van der Waals surface area contributed by atoms with Gasteiger partial charge in [0.05, 0.1) is 21.4 Å². The number of nitrogens with one attached hydrogen (secondary N) is 1. The van der Waals surface area contributed by atoms with Crippen LogP contribution in [-0.2, 0) is 0 Å². The topological polar surface area (TPSA) is 55.1 Å². The first kappa shape index (κ1) is 14.9. The van der Waals surface area contributed by atoms with Crippen molar-refractivity contribution >= 4 is 52.1 Å². The number of amides is 1. The lowest BCUT2D eigenvalue weighted by molar-refractivity contribution is 0.102. The smallest absolute Gasteiger partial charge is 0.255 e. The summed E-state index contributed by atoms with van der Waals surface area (Å²) in [6.45, 7) is 0. The van der Waals surface area contributed by atoms with Crippen LogP contribution in [0.1, 0.15) is 10.4 Å². The molecule has 0 aromatic heterocycles. The monoisotopic (exact) mass is 332 g/mol. The lowest BCUT2D eigenvalue weighted by Crippen LogP contribution is -2.13. The van der Waals surface area contributed by atoms with Gasteiger partial charge in [0, 0.05) is 10.6 Å². The number of carbonyl (C=O) groups excluding carboxylic acids is 1. The van der Waals surface area contributed by atoms with Crippen LogP contribution in [-0.4, -0.2) is 5.91 Å². The largest absolute Gasteiger partial charge is 0.396 e. The number of rotatable bonds is 2. The number of halogens is 4. The predicted octanol–water partition coefficient (Wildman–Crippen LogP) is 4.62. The maximum Gasteiger partial charge on any atom is 0.255 e. The van der Waals surface area contributed by atoms with E-state index in [2.05, 4.69) is 5.32 Å². The summed E-state index contributed by atoms with van der Waals surface area (Å²) in [5.41, 5.74) is 5.93. The van der Waals surface area contributed by atoms with Crippen LogP contribution < -0.4 is 11.1 Å². The molecule has 104 valence electrons. The minimum absolute atomic E-state index is 0.00321. The molecule has 2 rings (SSSR count). The van der Waals surface area contributed by atoms with Crippen LogP contribution in [0.2, 0.25) is 15.1 Å². The molecule has 20 heavy (non-hydrogen) atoms. The molecule has 0 aliphatic carbocycles. The molecule has 0 radical (unpaired) electrons. The van der Waals surface area contributed by atoms with Gasteiger partial charge in [-0.05, 0) is 30.3 Å². The molecule has 0 heterocycles. The Balaban J connectivity index is 2.28. The van der Waals surface area contributed by atoms with Crippen LogP contribution >= 0.6 is 34.8 Å². The van der Waals surface area contributed by atoms with E-state index in [4.69, 9.17) is 40.5 Å². The molecule has 0 spiro atoms. The van der Waals surface area contributed by atoms with E-state index in [0.29, 0.717) is 0 Å². The van der Waals surface area contributed by atoms with Gasteiger partial charge in [-0.15, -0.1) is 0 Å². The van der Waals surface area contributed by atoms with E-state index in [1.165, 1.54) is 24.3 Å². The fraction of sp³-hybridized carbons (Fsp3) is 0. The maximum atomic E-state index is 13.6. The second-order valence-corrected chi connectivity index (χ2v) is 5.18. The highest BCUT2D eigenvalue weighted by Crippen LogP contribution is 2.29. The zero-order valence-electron chi connectivity index (χ0n) is 9.88. The first-order valence-corrected chi connectivity index (χ1v) is 6.53. The van der Waals surface area contributed by atoms with E-state index in [0.717, 1.165) is 6.07 Å². The van der Waals surface area contributed by atoms with Crippen molar-refractivity contribution in [1.82, 2.24) is 0 Å². The summed E-state index contributed by atoms with van der Waals surface area (Å²) < 4.78 is 13.6. The summed E-state index contributed by atoms with van der Waals surface area (Å²) in [6, 6.07) is 6.62. The third-order valence-electron chi connectivity index (χ3n) is 2.52. The van der Waals surface area contributed by atoms with E-state index < -0.39 is 11.7 Å². The zero-order valence-corrected chi connectivity index (χ0v) is 12.2. The first-order chi connectivity index (χ1) is 9.38. The average Bonchev–Trinajstić information content (AvgIpc) is 2.38. The molecular formula is C13H8Cl3FN2O. The summed E-state index contributed by atoms with van der Waals surface area (Å²) in [5, 5.41) is 2.94. The minimum atomic E-state index is -0.640. The Morgan fingerprint density at radius 1 is 1.10 bits per heavy atom. The van der Waals surface area contributed by atoms with Gasteiger partial charge in [0.2, 0.25) is 0 Å². The molecule has 0 saturated heterocycles. The van der Waals surface area contributed by atoms with Crippen molar-refractivity contribution in [2.75, 3.05) is 11.1 Å². The number of nitrogens with two attached hydrogens (primary N) is 1. The predicted molar refractivity (Wildman–Crippen MR) is 80.2 cm³/mol. The molecular weight excluding hydrogens is 326 g/mol. The highest BCUT2D eigenvalue weighted by molar-refractivity contribution is 6.39. The summed E-state index contributed by atoms with van der Waals surface area (Å²) in [7, 11) is 0. The fourth-order valence-corrected chi connectivity index (χ4v) is 2.15. The Morgan fingerprint density at radius 3 is 2.25 bits per heavy atom. The van der Waals surface area contributed by atoms with Gasteiger partial charge >= 0.3 is 0 Å². The molecule has 0 aliphatic heterocycles. The second-order valence-electron chi connectivity index (χ2n) is 3.93. The van der Waals surface area contributed by atoms with Gasteiger partial charge in [0.15, 0.2) is 0 Å². The third-order valence-corrected chi connectivity index (χ3v) is 3.38. The molecule has 0 aliphatic rings. The first-order valence-electron chi connectivity index (χ1n) is 5.39. The van der Waals surface area contributed by atoms with Crippen molar-refractivity contribution in [3.63, 3.8) is 0 Å². The average molecular weight is 334 g/mol. The summed E-state index contributed by atoms with van der Waals surface area (Å²) in [4.78, 5) is 12.0. The zero-order chi connectivity index (χ0) is 14.9. The Bertz CT molecular complexity index is 668. The summed E-state index contributed by atoms with van der Waals surface area (Å²) in [6.07, 6.45) is 0. The minimum Gasteiger partial charge on any atom is -0.396 e. The van der Waals surface area contributed by atoms with E-state index in [-0.39, 0.29) is 32.0 Å². The quantitative estimate of drug-likeness (QED) is 0.788. The summed E-state index contributed by atoms with van der Waals surface area (Å²) in [5.74, 6) is -1.20. The number of benzene rings is 2. The normalized spacial score (nSPS) is 10.4. The number of carbonyl (C=O) groups is 1. The fourth-order valence-electron chi connectivity index (χ4n) is 1.50. The Kier molecular flexibility index (Phi) is 4.38. The number of nitrogen functional groups attached to an aromatic ring is 1. The molecule has 3 nitrogen and oxygen atoms in total. The molecule has 3 N–H and O–H groups in total. The van der Waals surface area contributed by atoms with Crippen LogP contribution in [0, 0.1) is 5.82 Å². The third kappa shape index (κ3) is 3.15. The summed E-state index contributed by atoms with van der Waals surface area (Å²) >= 11 is 17.3. The van der Waals surface area contributed by atoms with Gasteiger partial charge in [0.25, 0.3) is 5.91 Å². The van der Waals surface area contributed by atoms with Crippen LogP contribution in [0.3, 0.4) is 0 Å². The van der Waals surface area contributed by atoms with Crippen molar-refractivity contribution in [3.05, 3.63) is 56.8 Å².